The molecule has 2 aromatic carbocycles. The number of thiophene rings is 1. The van der Waals surface area contributed by atoms with Crippen molar-refractivity contribution in [1.29, 1.82) is 0 Å². The number of carbonyl (C=O) groups excluding carboxylic acids is 2. The molecule has 172 valence electrons. The molecule has 6 nitrogen and oxygen atoms in total. The zero-order valence-electron chi connectivity index (χ0n) is 18.3. The first kappa shape index (κ1) is 22.9. The molecule has 0 aliphatic carbocycles. The molecule has 1 N–H and O–H groups in total. The summed E-state index contributed by atoms with van der Waals surface area (Å²) in [5.41, 5.74) is 2.61. The van der Waals surface area contributed by atoms with E-state index >= 15 is 0 Å². The van der Waals surface area contributed by atoms with Crippen molar-refractivity contribution in [2.45, 2.75) is 26.4 Å². The minimum atomic E-state index is -0.429. The lowest BCUT2D eigenvalue weighted by Crippen LogP contribution is -2.30. The molecule has 0 saturated heterocycles. The van der Waals surface area contributed by atoms with Crippen molar-refractivity contribution in [2.75, 3.05) is 25.1 Å². The summed E-state index contributed by atoms with van der Waals surface area (Å²) in [6.07, 6.45) is 0.703. The van der Waals surface area contributed by atoms with Crippen molar-refractivity contribution in [3.63, 3.8) is 0 Å². The predicted molar refractivity (Wildman–Crippen MR) is 125 cm³/mol. The van der Waals surface area contributed by atoms with Gasteiger partial charge in [-0.25, -0.2) is 9.18 Å². The van der Waals surface area contributed by atoms with Gasteiger partial charge in [-0.3, -0.25) is 9.69 Å². The Balaban J connectivity index is 1.48. The van der Waals surface area contributed by atoms with E-state index in [1.807, 2.05) is 18.2 Å². The van der Waals surface area contributed by atoms with Gasteiger partial charge in [-0.15, -0.1) is 11.3 Å². The summed E-state index contributed by atoms with van der Waals surface area (Å²) in [5, 5.41) is 3.29. The normalized spacial score (nSPS) is 13.3. The summed E-state index contributed by atoms with van der Waals surface area (Å²) in [4.78, 5) is 28.6. The van der Waals surface area contributed by atoms with E-state index in [-0.39, 0.29) is 19.0 Å². The Bertz CT molecular complexity index is 1120. The SMILES string of the molecule is CCOC(=O)c1c(NC(=O)COc2ccc(F)cc2)sc2c1CCN(Cc1ccccc1)C2. The number of rotatable bonds is 8. The van der Waals surface area contributed by atoms with Crippen LogP contribution in [-0.2, 0) is 29.0 Å². The Kier molecular flexibility index (Phi) is 7.36. The van der Waals surface area contributed by atoms with Gasteiger partial charge >= 0.3 is 5.97 Å². The van der Waals surface area contributed by atoms with Crippen LogP contribution >= 0.6 is 11.3 Å². The van der Waals surface area contributed by atoms with E-state index in [0.717, 1.165) is 23.5 Å². The molecule has 0 bridgehead atoms. The second kappa shape index (κ2) is 10.6. The molecule has 0 unspecified atom stereocenters. The first-order valence-corrected chi connectivity index (χ1v) is 11.6. The van der Waals surface area contributed by atoms with Gasteiger partial charge in [0.05, 0.1) is 12.2 Å². The maximum absolute atomic E-state index is 13.0. The van der Waals surface area contributed by atoms with Gasteiger partial charge in [-0.2, -0.15) is 0 Å². The van der Waals surface area contributed by atoms with Crippen LogP contribution in [0.1, 0.15) is 33.3 Å². The number of nitrogens with one attached hydrogen (secondary N) is 1. The fraction of sp³-hybridized carbons (Fsp3) is 0.280. The van der Waals surface area contributed by atoms with Gasteiger partial charge in [0.2, 0.25) is 0 Å². The van der Waals surface area contributed by atoms with Gasteiger partial charge in [0.25, 0.3) is 5.91 Å². The Morgan fingerprint density at radius 1 is 1.12 bits per heavy atom. The minimum Gasteiger partial charge on any atom is -0.484 e. The molecule has 0 radical (unpaired) electrons. The molecule has 1 amide bonds. The molecule has 0 spiro atoms. The van der Waals surface area contributed by atoms with Crippen molar-refractivity contribution >= 4 is 28.2 Å². The monoisotopic (exact) mass is 468 g/mol. The van der Waals surface area contributed by atoms with Crippen LogP contribution in [0.15, 0.2) is 54.6 Å². The molecule has 2 heterocycles. The molecule has 1 aromatic heterocycles. The number of ether oxygens (including phenoxy) is 2. The number of esters is 1. The Morgan fingerprint density at radius 3 is 2.61 bits per heavy atom. The summed E-state index contributed by atoms with van der Waals surface area (Å²) in [7, 11) is 0. The molecule has 0 fully saturated rings. The number of hydrogen-bond donors (Lipinski definition) is 1. The van der Waals surface area contributed by atoms with E-state index in [9.17, 15) is 14.0 Å². The Labute approximate surface area is 195 Å². The first-order chi connectivity index (χ1) is 16.0. The highest BCUT2D eigenvalue weighted by Crippen LogP contribution is 2.38. The lowest BCUT2D eigenvalue weighted by Gasteiger charge is -2.27. The summed E-state index contributed by atoms with van der Waals surface area (Å²) >= 11 is 1.40. The molecule has 1 aliphatic rings. The van der Waals surface area contributed by atoms with Crippen molar-refractivity contribution in [1.82, 2.24) is 4.90 Å². The number of benzene rings is 2. The average Bonchev–Trinajstić information content (AvgIpc) is 3.16. The van der Waals surface area contributed by atoms with Crippen LogP contribution in [0.4, 0.5) is 9.39 Å². The highest BCUT2D eigenvalue weighted by Gasteiger charge is 2.29. The third-order valence-electron chi connectivity index (χ3n) is 5.30. The van der Waals surface area contributed by atoms with Crippen LogP contribution in [0, 0.1) is 5.82 Å². The second-order valence-corrected chi connectivity index (χ2v) is 8.77. The standard InChI is InChI=1S/C25H25FN2O4S/c1-2-31-25(30)23-20-12-13-28(14-17-6-4-3-5-7-17)15-21(20)33-24(23)27-22(29)16-32-19-10-8-18(26)9-11-19/h3-11H,2,12-16H2,1H3,(H,27,29). The third-order valence-corrected chi connectivity index (χ3v) is 6.43. The summed E-state index contributed by atoms with van der Waals surface area (Å²) in [5.74, 6) is -0.818. The highest BCUT2D eigenvalue weighted by molar-refractivity contribution is 7.17. The van der Waals surface area contributed by atoms with E-state index in [2.05, 4.69) is 22.3 Å². The number of amides is 1. The molecule has 0 saturated carbocycles. The number of halogens is 1. The van der Waals surface area contributed by atoms with Crippen molar-refractivity contribution in [3.8, 4) is 5.75 Å². The number of anilines is 1. The van der Waals surface area contributed by atoms with Crippen LogP contribution in [0.25, 0.3) is 0 Å². The maximum Gasteiger partial charge on any atom is 0.341 e. The molecule has 4 rings (SSSR count). The van der Waals surface area contributed by atoms with E-state index in [4.69, 9.17) is 9.47 Å². The lowest BCUT2D eigenvalue weighted by atomic mass is 10.0. The van der Waals surface area contributed by atoms with Gasteiger partial charge in [0.1, 0.15) is 16.6 Å². The molecule has 1 aliphatic heterocycles. The van der Waals surface area contributed by atoms with Crippen molar-refractivity contribution in [3.05, 3.63) is 82.0 Å². The number of nitrogens with zero attached hydrogens (tertiary/aromatic N) is 1. The zero-order chi connectivity index (χ0) is 23.2. The van der Waals surface area contributed by atoms with Gasteiger partial charge < -0.3 is 14.8 Å². The van der Waals surface area contributed by atoms with E-state index in [1.54, 1.807) is 6.92 Å². The van der Waals surface area contributed by atoms with Gasteiger partial charge in [-0.1, -0.05) is 30.3 Å². The van der Waals surface area contributed by atoms with Gasteiger partial charge in [-0.05, 0) is 48.7 Å². The lowest BCUT2D eigenvalue weighted by molar-refractivity contribution is -0.118. The number of carbonyl (C=O) groups is 2. The van der Waals surface area contributed by atoms with Crippen LogP contribution in [-0.4, -0.2) is 36.5 Å². The summed E-state index contributed by atoms with van der Waals surface area (Å²) < 4.78 is 23.7. The number of fused-ring (bicyclic) bond motifs is 1. The fourth-order valence-electron chi connectivity index (χ4n) is 3.78. The molecule has 0 atom stereocenters. The quantitative estimate of drug-likeness (QED) is 0.488. The average molecular weight is 469 g/mol. The van der Waals surface area contributed by atoms with Crippen molar-refractivity contribution in [2.24, 2.45) is 0 Å². The van der Waals surface area contributed by atoms with Gasteiger partial charge in [0, 0.05) is 24.5 Å². The minimum absolute atomic E-state index is 0.253. The van der Waals surface area contributed by atoms with E-state index < -0.39 is 11.9 Å². The van der Waals surface area contributed by atoms with E-state index in [0.29, 0.717) is 29.3 Å². The molecule has 33 heavy (non-hydrogen) atoms. The molecule has 8 heteroatoms. The van der Waals surface area contributed by atoms with Crippen LogP contribution in [0.3, 0.4) is 0 Å². The summed E-state index contributed by atoms with van der Waals surface area (Å²) in [6.45, 7) is 4.09. The maximum atomic E-state index is 13.0. The topological polar surface area (TPSA) is 67.9 Å². The Hall–Kier alpha value is -3.23. The van der Waals surface area contributed by atoms with Crippen LogP contribution in [0.5, 0.6) is 5.75 Å². The van der Waals surface area contributed by atoms with E-state index in [1.165, 1.54) is 41.2 Å². The Morgan fingerprint density at radius 2 is 1.88 bits per heavy atom. The predicted octanol–water partition coefficient (Wildman–Crippen LogP) is 4.64. The van der Waals surface area contributed by atoms with Gasteiger partial charge in [0.15, 0.2) is 6.61 Å². The largest absolute Gasteiger partial charge is 0.484 e. The smallest absolute Gasteiger partial charge is 0.341 e. The molecule has 3 aromatic rings. The fourth-order valence-corrected chi connectivity index (χ4v) is 5.08. The van der Waals surface area contributed by atoms with Crippen molar-refractivity contribution < 1.29 is 23.5 Å². The zero-order valence-corrected chi connectivity index (χ0v) is 19.1. The molecular formula is C25H25FN2O4S. The molecular weight excluding hydrogens is 443 g/mol. The van der Waals surface area contributed by atoms with Crippen LogP contribution in [0.2, 0.25) is 0 Å². The van der Waals surface area contributed by atoms with Crippen LogP contribution < -0.4 is 10.1 Å². The highest BCUT2D eigenvalue weighted by atomic mass is 32.1. The summed E-state index contributed by atoms with van der Waals surface area (Å²) in [6, 6.07) is 15.7. The third kappa shape index (κ3) is 5.77. The first-order valence-electron chi connectivity index (χ1n) is 10.8. The second-order valence-electron chi connectivity index (χ2n) is 7.67. The number of hydrogen-bond acceptors (Lipinski definition) is 6.